The van der Waals surface area contributed by atoms with Crippen molar-refractivity contribution in [1.29, 1.82) is 0 Å². The summed E-state index contributed by atoms with van der Waals surface area (Å²) < 4.78 is 16.2. The average Bonchev–Trinajstić information content (AvgIpc) is 3.43. The second-order valence-corrected chi connectivity index (χ2v) is 10.3. The minimum atomic E-state index is -0.829. The van der Waals surface area contributed by atoms with Crippen LogP contribution in [0.5, 0.6) is 11.5 Å². The maximum Gasteiger partial charge on any atom is 0.338 e. The molecule has 5 rings (SSSR count). The lowest BCUT2D eigenvalue weighted by atomic mass is 9.94. The Labute approximate surface area is 242 Å². The highest BCUT2D eigenvalue weighted by Crippen LogP contribution is 2.38. The lowest BCUT2D eigenvalue weighted by Gasteiger charge is -2.40. The van der Waals surface area contributed by atoms with E-state index in [0.717, 1.165) is 0 Å². The molecule has 1 atom stereocenters. The summed E-state index contributed by atoms with van der Waals surface area (Å²) in [6.07, 6.45) is 0. The quantitative estimate of drug-likeness (QED) is 0.486. The number of likely N-dealkylation sites (N-methyl/N-ethyl adjacent to an activating group) is 1. The van der Waals surface area contributed by atoms with E-state index in [0.29, 0.717) is 78.2 Å². The van der Waals surface area contributed by atoms with Crippen LogP contribution in [0.3, 0.4) is 0 Å². The third-order valence-electron chi connectivity index (χ3n) is 7.19. The molecule has 0 aliphatic carbocycles. The number of piperazine rings is 1. The van der Waals surface area contributed by atoms with Gasteiger partial charge in [-0.2, -0.15) is 0 Å². The number of hydrogen-bond donors (Lipinski definition) is 1. The van der Waals surface area contributed by atoms with E-state index in [9.17, 15) is 14.4 Å². The third kappa shape index (κ3) is 5.43. The summed E-state index contributed by atoms with van der Waals surface area (Å²) >= 11 is 12.8. The monoisotopic (exact) mass is 588 g/mol. The summed E-state index contributed by atoms with van der Waals surface area (Å²) in [6, 6.07) is 9.11. The first-order valence-corrected chi connectivity index (χ1v) is 13.9. The first-order chi connectivity index (χ1) is 19.3. The minimum Gasteiger partial charge on any atom is -0.463 e. The number of carbonyl (C=O) groups is 3. The van der Waals surface area contributed by atoms with E-state index < -0.39 is 12.0 Å². The average molecular weight is 589 g/mol. The van der Waals surface area contributed by atoms with Crippen LogP contribution in [0, 0.1) is 0 Å². The van der Waals surface area contributed by atoms with Gasteiger partial charge in [-0.15, -0.1) is 0 Å². The molecule has 212 valence electrons. The van der Waals surface area contributed by atoms with Crippen molar-refractivity contribution >= 4 is 41.1 Å². The summed E-state index contributed by atoms with van der Waals surface area (Å²) in [6.45, 7) is 6.63. The van der Waals surface area contributed by atoms with Crippen molar-refractivity contribution in [2.24, 2.45) is 0 Å². The van der Waals surface area contributed by atoms with Crippen molar-refractivity contribution in [3.8, 4) is 11.5 Å². The van der Waals surface area contributed by atoms with Crippen molar-refractivity contribution in [3.63, 3.8) is 0 Å². The number of ether oxygens (including phenoxy) is 3. The fourth-order valence-corrected chi connectivity index (χ4v) is 5.58. The van der Waals surface area contributed by atoms with E-state index in [2.05, 4.69) is 10.2 Å². The highest BCUT2D eigenvalue weighted by Gasteiger charge is 2.39. The van der Waals surface area contributed by atoms with Gasteiger partial charge in [-0.05, 0) is 43.7 Å². The van der Waals surface area contributed by atoms with Gasteiger partial charge in [0.25, 0.3) is 5.91 Å². The Kier molecular flexibility index (Phi) is 8.39. The van der Waals surface area contributed by atoms with Gasteiger partial charge in [0.1, 0.15) is 0 Å². The summed E-state index contributed by atoms with van der Waals surface area (Å²) in [5.74, 6) is 0.565. The second kappa shape index (κ2) is 12.0. The summed E-state index contributed by atoms with van der Waals surface area (Å²) in [5.41, 5.74) is 1.90. The van der Waals surface area contributed by atoms with Crippen molar-refractivity contribution in [3.05, 3.63) is 68.8 Å². The van der Waals surface area contributed by atoms with Crippen LogP contribution < -0.4 is 14.8 Å². The summed E-state index contributed by atoms with van der Waals surface area (Å²) in [5, 5.41) is 3.49. The number of hydrogen-bond acceptors (Lipinski definition) is 7. The van der Waals surface area contributed by atoms with E-state index >= 15 is 0 Å². The zero-order chi connectivity index (χ0) is 28.4. The highest BCUT2D eigenvalue weighted by atomic mass is 35.5. The van der Waals surface area contributed by atoms with Gasteiger partial charge in [0.05, 0.1) is 28.3 Å². The van der Waals surface area contributed by atoms with Crippen molar-refractivity contribution in [1.82, 2.24) is 20.0 Å². The first-order valence-electron chi connectivity index (χ1n) is 13.2. The lowest BCUT2D eigenvalue weighted by Crippen LogP contribution is -2.53. The maximum absolute atomic E-state index is 13.4. The molecule has 3 heterocycles. The molecule has 1 unspecified atom stereocenters. The van der Waals surface area contributed by atoms with Crippen LogP contribution in [0.4, 0.5) is 4.79 Å². The highest BCUT2D eigenvalue weighted by molar-refractivity contribution is 6.42. The zero-order valence-corrected chi connectivity index (χ0v) is 23.8. The first kappa shape index (κ1) is 28.1. The Morgan fingerprint density at radius 2 is 1.80 bits per heavy atom. The number of esters is 1. The van der Waals surface area contributed by atoms with E-state index in [4.69, 9.17) is 37.4 Å². The van der Waals surface area contributed by atoms with Crippen LogP contribution in [-0.4, -0.2) is 85.3 Å². The molecular weight excluding hydrogens is 559 g/mol. The molecule has 0 bridgehead atoms. The number of nitrogens with zero attached hydrogens (tertiary/aromatic N) is 3. The van der Waals surface area contributed by atoms with E-state index in [1.165, 1.54) is 0 Å². The van der Waals surface area contributed by atoms with Gasteiger partial charge in [0.2, 0.25) is 6.79 Å². The molecule has 1 N–H and O–H groups in total. The van der Waals surface area contributed by atoms with E-state index in [-0.39, 0.29) is 30.4 Å². The molecule has 3 aliphatic rings. The van der Waals surface area contributed by atoms with Gasteiger partial charge in [0.15, 0.2) is 11.5 Å². The number of carbonyl (C=O) groups excluding carboxylic acids is 3. The van der Waals surface area contributed by atoms with Gasteiger partial charge < -0.3 is 24.4 Å². The number of nitrogens with one attached hydrogen (secondary N) is 1. The van der Waals surface area contributed by atoms with E-state index in [1.54, 1.807) is 53.1 Å². The summed E-state index contributed by atoms with van der Waals surface area (Å²) in [4.78, 5) is 45.2. The van der Waals surface area contributed by atoms with Gasteiger partial charge in [-0.25, -0.2) is 9.59 Å². The standard InChI is InChI=1S/C28H30Cl2N4O6/c1-3-34-20(23(27(36)38-4-2)25(31-28(34)37)18-6-5-7-19(29)24(18)30)15-32-10-12-33(13-11-32)26(35)17-8-9-21-22(14-17)40-16-39-21/h5-9,14,25H,3-4,10-13,15-16H2,1-2H3,(H,31,37). The lowest BCUT2D eigenvalue weighted by molar-refractivity contribution is -0.139. The molecule has 1 fully saturated rings. The molecule has 0 aromatic heterocycles. The van der Waals surface area contributed by atoms with Crippen LogP contribution >= 0.6 is 23.2 Å². The minimum absolute atomic E-state index is 0.0905. The third-order valence-corrected chi connectivity index (χ3v) is 8.03. The molecule has 3 amide bonds. The largest absolute Gasteiger partial charge is 0.463 e. The van der Waals surface area contributed by atoms with Gasteiger partial charge in [-0.1, -0.05) is 35.3 Å². The molecular formula is C28H30Cl2N4O6. The van der Waals surface area contributed by atoms with Crippen LogP contribution in [0.15, 0.2) is 47.7 Å². The molecule has 12 heteroatoms. The summed E-state index contributed by atoms with van der Waals surface area (Å²) in [7, 11) is 0. The zero-order valence-electron chi connectivity index (χ0n) is 22.2. The molecule has 2 aromatic carbocycles. The Balaban J connectivity index is 1.39. The fraction of sp³-hybridized carbons (Fsp3) is 0.393. The molecule has 0 spiro atoms. The van der Waals surface area contributed by atoms with Crippen LogP contribution in [0.2, 0.25) is 10.0 Å². The Morgan fingerprint density at radius 3 is 2.52 bits per heavy atom. The smallest absolute Gasteiger partial charge is 0.338 e. The maximum atomic E-state index is 13.4. The van der Waals surface area contributed by atoms with Crippen LogP contribution in [0.1, 0.15) is 35.8 Å². The topological polar surface area (TPSA) is 101 Å². The Morgan fingerprint density at radius 1 is 1.05 bits per heavy atom. The molecule has 10 nitrogen and oxygen atoms in total. The van der Waals surface area contributed by atoms with Gasteiger partial charge >= 0.3 is 12.0 Å². The van der Waals surface area contributed by atoms with Crippen molar-refractivity contribution < 1.29 is 28.6 Å². The van der Waals surface area contributed by atoms with Crippen LogP contribution in [0.25, 0.3) is 0 Å². The van der Waals surface area contributed by atoms with Crippen molar-refractivity contribution in [2.75, 3.05) is 52.7 Å². The van der Waals surface area contributed by atoms with Crippen molar-refractivity contribution in [2.45, 2.75) is 19.9 Å². The molecule has 0 saturated carbocycles. The number of benzene rings is 2. The van der Waals surface area contributed by atoms with E-state index in [1.807, 2.05) is 6.92 Å². The normalized spacial score (nSPS) is 19.1. The Bertz CT molecular complexity index is 1360. The number of halogens is 2. The number of amides is 3. The number of urea groups is 1. The predicted molar refractivity (Wildman–Crippen MR) is 149 cm³/mol. The molecule has 1 saturated heterocycles. The predicted octanol–water partition coefficient (Wildman–Crippen LogP) is 4.08. The fourth-order valence-electron chi connectivity index (χ4n) is 5.17. The van der Waals surface area contributed by atoms with Gasteiger partial charge in [0, 0.05) is 50.5 Å². The molecule has 40 heavy (non-hydrogen) atoms. The second-order valence-electron chi connectivity index (χ2n) is 9.49. The molecule has 0 radical (unpaired) electrons. The number of rotatable bonds is 7. The van der Waals surface area contributed by atoms with Gasteiger partial charge in [-0.3, -0.25) is 14.6 Å². The Hall–Kier alpha value is -3.47. The molecule has 2 aromatic rings. The van der Waals surface area contributed by atoms with Crippen LogP contribution in [-0.2, 0) is 9.53 Å². The molecule has 3 aliphatic heterocycles. The SMILES string of the molecule is CCOC(=O)C1=C(CN2CCN(C(=O)c3ccc4c(c3)OCO4)CC2)N(CC)C(=O)NC1c1cccc(Cl)c1Cl. The number of fused-ring (bicyclic) bond motifs is 1.